The minimum atomic E-state index is -0.491. The Labute approximate surface area is 107 Å². The van der Waals surface area contributed by atoms with E-state index in [0.29, 0.717) is 10.6 Å². The standard InChI is InChI=1S/C11H11BrClNO2/c1-6(7(2)15)14-11(16)8-3-4-9(12)10(13)5-8/h3-6H,1-2H3,(H,14,16). The van der Waals surface area contributed by atoms with Crippen LogP contribution in [-0.4, -0.2) is 17.7 Å². The zero-order chi connectivity index (χ0) is 12.3. The van der Waals surface area contributed by atoms with Gasteiger partial charge >= 0.3 is 0 Å². The first-order valence-electron chi connectivity index (χ1n) is 4.68. The maximum Gasteiger partial charge on any atom is 0.251 e. The molecule has 0 bridgehead atoms. The van der Waals surface area contributed by atoms with Crippen LogP contribution >= 0.6 is 27.5 Å². The van der Waals surface area contributed by atoms with Gasteiger partial charge in [-0.1, -0.05) is 11.6 Å². The largest absolute Gasteiger partial charge is 0.343 e. The average Bonchev–Trinajstić information content (AvgIpc) is 2.21. The third-order valence-corrected chi connectivity index (χ3v) is 3.37. The van der Waals surface area contributed by atoms with Crippen molar-refractivity contribution in [2.45, 2.75) is 19.9 Å². The predicted octanol–water partition coefficient (Wildman–Crippen LogP) is 2.81. The highest BCUT2D eigenvalue weighted by Gasteiger charge is 2.13. The highest BCUT2D eigenvalue weighted by atomic mass is 79.9. The zero-order valence-electron chi connectivity index (χ0n) is 8.88. The maximum atomic E-state index is 11.7. The molecule has 0 aliphatic heterocycles. The first-order chi connectivity index (χ1) is 7.41. The van der Waals surface area contributed by atoms with Crippen LogP contribution in [0.1, 0.15) is 24.2 Å². The molecule has 0 aromatic heterocycles. The third kappa shape index (κ3) is 3.32. The summed E-state index contributed by atoms with van der Waals surface area (Å²) in [6.07, 6.45) is 0. The summed E-state index contributed by atoms with van der Waals surface area (Å²) in [5.74, 6) is -0.395. The van der Waals surface area contributed by atoms with Gasteiger partial charge in [0.1, 0.15) is 0 Å². The second kappa shape index (κ2) is 5.46. The van der Waals surface area contributed by atoms with Crippen LogP contribution in [-0.2, 0) is 4.79 Å². The number of hydrogen-bond acceptors (Lipinski definition) is 2. The van der Waals surface area contributed by atoms with Gasteiger partial charge in [0.15, 0.2) is 5.78 Å². The molecule has 1 amide bonds. The molecule has 0 radical (unpaired) electrons. The molecule has 16 heavy (non-hydrogen) atoms. The lowest BCUT2D eigenvalue weighted by Crippen LogP contribution is -2.37. The van der Waals surface area contributed by atoms with E-state index in [0.717, 1.165) is 4.47 Å². The monoisotopic (exact) mass is 303 g/mol. The summed E-state index contributed by atoms with van der Waals surface area (Å²) in [4.78, 5) is 22.7. The van der Waals surface area contributed by atoms with E-state index in [-0.39, 0.29) is 11.7 Å². The Bertz CT molecular complexity index is 434. The molecule has 86 valence electrons. The SMILES string of the molecule is CC(=O)C(C)NC(=O)c1ccc(Br)c(Cl)c1. The fraction of sp³-hybridized carbons (Fsp3) is 0.273. The Morgan fingerprint density at radius 3 is 2.56 bits per heavy atom. The van der Waals surface area contributed by atoms with E-state index in [1.54, 1.807) is 25.1 Å². The summed E-state index contributed by atoms with van der Waals surface area (Å²) in [5.41, 5.74) is 0.432. The van der Waals surface area contributed by atoms with Crippen molar-refractivity contribution in [2.24, 2.45) is 0 Å². The summed E-state index contributed by atoms with van der Waals surface area (Å²) in [6, 6.07) is 4.39. The number of rotatable bonds is 3. The van der Waals surface area contributed by atoms with Gasteiger partial charge in [0, 0.05) is 10.0 Å². The van der Waals surface area contributed by atoms with Crippen molar-refractivity contribution in [2.75, 3.05) is 0 Å². The smallest absolute Gasteiger partial charge is 0.251 e. The van der Waals surface area contributed by atoms with Crippen LogP contribution in [0.3, 0.4) is 0 Å². The Balaban J connectivity index is 2.81. The lowest BCUT2D eigenvalue weighted by Gasteiger charge is -2.10. The lowest BCUT2D eigenvalue weighted by atomic mass is 10.2. The zero-order valence-corrected chi connectivity index (χ0v) is 11.2. The van der Waals surface area contributed by atoms with E-state index in [4.69, 9.17) is 11.6 Å². The molecule has 0 aliphatic rings. The van der Waals surface area contributed by atoms with Crippen LogP contribution in [0.5, 0.6) is 0 Å². The highest BCUT2D eigenvalue weighted by Crippen LogP contribution is 2.23. The van der Waals surface area contributed by atoms with Gasteiger partial charge in [-0.3, -0.25) is 9.59 Å². The Morgan fingerprint density at radius 2 is 2.06 bits per heavy atom. The van der Waals surface area contributed by atoms with E-state index in [9.17, 15) is 9.59 Å². The lowest BCUT2D eigenvalue weighted by molar-refractivity contribution is -0.118. The van der Waals surface area contributed by atoms with Crippen LogP contribution in [0.15, 0.2) is 22.7 Å². The normalized spacial score (nSPS) is 12.0. The van der Waals surface area contributed by atoms with Gasteiger partial charge in [-0.25, -0.2) is 0 Å². The summed E-state index contributed by atoms with van der Waals surface area (Å²) >= 11 is 9.10. The van der Waals surface area contributed by atoms with Gasteiger partial charge < -0.3 is 5.32 Å². The van der Waals surface area contributed by atoms with Crippen LogP contribution in [0.4, 0.5) is 0 Å². The van der Waals surface area contributed by atoms with Crippen molar-refractivity contribution in [1.29, 1.82) is 0 Å². The molecule has 3 nitrogen and oxygen atoms in total. The quantitative estimate of drug-likeness (QED) is 0.933. The maximum absolute atomic E-state index is 11.7. The summed E-state index contributed by atoms with van der Waals surface area (Å²) in [7, 11) is 0. The van der Waals surface area contributed by atoms with Gasteiger partial charge in [-0.05, 0) is 48.0 Å². The second-order valence-electron chi connectivity index (χ2n) is 3.43. The van der Waals surface area contributed by atoms with Gasteiger partial charge in [0.2, 0.25) is 0 Å². The van der Waals surface area contributed by atoms with Crippen molar-refractivity contribution in [1.82, 2.24) is 5.32 Å². The number of benzene rings is 1. The molecule has 0 saturated carbocycles. The Hall–Kier alpha value is -0.870. The third-order valence-electron chi connectivity index (χ3n) is 2.14. The number of carbonyl (C=O) groups is 2. The fourth-order valence-electron chi connectivity index (χ4n) is 1.02. The Morgan fingerprint density at radius 1 is 1.44 bits per heavy atom. The number of ketones is 1. The molecule has 0 aliphatic carbocycles. The molecular weight excluding hydrogens is 293 g/mol. The number of hydrogen-bond donors (Lipinski definition) is 1. The van der Waals surface area contributed by atoms with E-state index in [1.165, 1.54) is 6.92 Å². The summed E-state index contributed by atoms with van der Waals surface area (Å²) in [5, 5.41) is 3.04. The van der Waals surface area contributed by atoms with Crippen molar-refractivity contribution < 1.29 is 9.59 Å². The van der Waals surface area contributed by atoms with E-state index in [2.05, 4.69) is 21.2 Å². The van der Waals surface area contributed by atoms with E-state index in [1.807, 2.05) is 0 Å². The molecule has 1 aromatic carbocycles. The van der Waals surface area contributed by atoms with Crippen LogP contribution in [0.2, 0.25) is 5.02 Å². The first kappa shape index (κ1) is 13.2. The number of nitrogens with one attached hydrogen (secondary N) is 1. The predicted molar refractivity (Wildman–Crippen MR) is 66.8 cm³/mol. The molecule has 5 heteroatoms. The molecular formula is C11H11BrClNO2. The van der Waals surface area contributed by atoms with Crippen molar-refractivity contribution >= 4 is 39.2 Å². The van der Waals surface area contributed by atoms with E-state index < -0.39 is 6.04 Å². The average molecular weight is 305 g/mol. The molecule has 1 atom stereocenters. The minimum absolute atomic E-state index is 0.0865. The number of Topliss-reactive ketones (excluding diaryl/α,β-unsaturated/α-hetero) is 1. The second-order valence-corrected chi connectivity index (χ2v) is 4.70. The Kier molecular flexibility index (Phi) is 4.50. The molecule has 1 N–H and O–H groups in total. The van der Waals surface area contributed by atoms with Gasteiger partial charge in [-0.2, -0.15) is 0 Å². The first-order valence-corrected chi connectivity index (χ1v) is 5.85. The molecule has 0 heterocycles. The van der Waals surface area contributed by atoms with Crippen LogP contribution in [0.25, 0.3) is 0 Å². The molecule has 0 fully saturated rings. The van der Waals surface area contributed by atoms with Gasteiger partial charge in [0.25, 0.3) is 5.91 Å². The molecule has 1 aromatic rings. The van der Waals surface area contributed by atoms with Crippen molar-refractivity contribution in [3.05, 3.63) is 33.3 Å². The number of halogens is 2. The van der Waals surface area contributed by atoms with Crippen LogP contribution in [0, 0.1) is 0 Å². The molecule has 1 unspecified atom stereocenters. The van der Waals surface area contributed by atoms with E-state index >= 15 is 0 Å². The fourth-order valence-corrected chi connectivity index (χ4v) is 1.45. The topological polar surface area (TPSA) is 46.2 Å². The van der Waals surface area contributed by atoms with Crippen LogP contribution < -0.4 is 5.32 Å². The van der Waals surface area contributed by atoms with Gasteiger partial charge in [-0.15, -0.1) is 0 Å². The summed E-state index contributed by atoms with van der Waals surface area (Å²) < 4.78 is 0.727. The minimum Gasteiger partial charge on any atom is -0.343 e. The molecule has 1 rings (SSSR count). The molecule has 0 spiro atoms. The molecule has 0 saturated heterocycles. The summed E-state index contributed by atoms with van der Waals surface area (Å²) in [6.45, 7) is 3.07. The number of carbonyl (C=O) groups excluding carboxylic acids is 2. The highest BCUT2D eigenvalue weighted by molar-refractivity contribution is 9.10. The van der Waals surface area contributed by atoms with Crippen molar-refractivity contribution in [3.8, 4) is 0 Å². The van der Waals surface area contributed by atoms with Gasteiger partial charge in [0.05, 0.1) is 11.1 Å². The number of amides is 1. The van der Waals surface area contributed by atoms with Crippen molar-refractivity contribution in [3.63, 3.8) is 0 Å².